The summed E-state index contributed by atoms with van der Waals surface area (Å²) in [6.45, 7) is -1.97. The van der Waals surface area contributed by atoms with E-state index in [0.29, 0.717) is 0 Å². The van der Waals surface area contributed by atoms with Gasteiger partial charge in [0.25, 0.3) is 0 Å². The molecule has 1 fully saturated rings. The first-order valence-electron chi connectivity index (χ1n) is 6.72. The minimum atomic E-state index is -4.29. The van der Waals surface area contributed by atoms with E-state index in [9.17, 15) is 26.7 Å². The third kappa shape index (κ3) is 4.54. The fourth-order valence-electron chi connectivity index (χ4n) is 1.86. The highest BCUT2D eigenvalue weighted by atomic mass is 19.3. The number of halogens is 5. The zero-order chi connectivity index (χ0) is 17.0. The molecule has 1 aliphatic heterocycles. The molecule has 128 valence electrons. The van der Waals surface area contributed by atoms with Crippen molar-refractivity contribution in [2.45, 2.75) is 18.5 Å². The SMILES string of the molecule is O=C(COCC(F)(F)C(F)F)N1CC(Oc2ccccc2F)C1. The number of alkyl halides is 4. The van der Waals surface area contributed by atoms with Gasteiger partial charge in [-0.2, -0.15) is 8.78 Å². The smallest absolute Gasteiger partial charge is 0.330 e. The molecule has 4 nitrogen and oxygen atoms in total. The molecule has 1 aromatic rings. The number of benzene rings is 1. The first-order valence-corrected chi connectivity index (χ1v) is 6.72. The summed E-state index contributed by atoms with van der Waals surface area (Å²) in [4.78, 5) is 12.8. The molecule has 1 saturated heterocycles. The van der Waals surface area contributed by atoms with Gasteiger partial charge in [0.15, 0.2) is 11.6 Å². The molecule has 0 unspecified atom stereocenters. The Balaban J connectivity index is 1.69. The maximum Gasteiger partial charge on any atom is 0.330 e. The van der Waals surface area contributed by atoms with Crippen LogP contribution in [0.5, 0.6) is 5.75 Å². The van der Waals surface area contributed by atoms with Crippen molar-refractivity contribution in [1.29, 1.82) is 0 Å². The molecule has 1 aromatic carbocycles. The van der Waals surface area contributed by atoms with Crippen molar-refractivity contribution >= 4 is 5.91 Å². The van der Waals surface area contributed by atoms with Crippen molar-refractivity contribution in [3.63, 3.8) is 0 Å². The van der Waals surface area contributed by atoms with Crippen molar-refractivity contribution in [3.8, 4) is 5.75 Å². The molecule has 0 radical (unpaired) electrons. The summed E-state index contributed by atoms with van der Waals surface area (Å²) >= 11 is 0. The molecule has 1 aliphatic rings. The number of likely N-dealkylation sites (tertiary alicyclic amines) is 1. The van der Waals surface area contributed by atoms with Crippen molar-refractivity contribution < 1.29 is 36.2 Å². The Hall–Kier alpha value is -1.90. The molecular weight excluding hydrogens is 325 g/mol. The number of nitrogens with zero attached hydrogens (tertiary/aromatic N) is 1. The summed E-state index contributed by atoms with van der Waals surface area (Å²) in [5, 5.41) is 0. The molecule has 0 atom stereocenters. The van der Waals surface area contributed by atoms with Gasteiger partial charge in [0.2, 0.25) is 5.91 Å². The first kappa shape index (κ1) is 17.5. The van der Waals surface area contributed by atoms with E-state index in [4.69, 9.17) is 4.74 Å². The lowest BCUT2D eigenvalue weighted by Crippen LogP contribution is -2.57. The number of para-hydroxylation sites is 1. The van der Waals surface area contributed by atoms with Crippen LogP contribution in [0.2, 0.25) is 0 Å². The average molecular weight is 339 g/mol. The standard InChI is InChI=1S/C14H14F5NO3/c15-10-3-1-2-4-11(10)23-9-5-20(6-9)12(21)7-22-8-14(18,19)13(16)17/h1-4,9,13H,5-8H2. The second-order valence-electron chi connectivity index (χ2n) is 5.02. The van der Waals surface area contributed by atoms with Crippen LogP contribution in [0.1, 0.15) is 0 Å². The van der Waals surface area contributed by atoms with Crippen molar-refractivity contribution in [2.75, 3.05) is 26.3 Å². The summed E-state index contributed by atoms with van der Waals surface area (Å²) in [5.74, 6) is -5.39. The molecule has 2 rings (SSSR count). The van der Waals surface area contributed by atoms with E-state index < -0.39 is 43.4 Å². The topological polar surface area (TPSA) is 38.8 Å². The summed E-state index contributed by atoms with van der Waals surface area (Å²) in [6.07, 6.45) is -4.27. The molecule has 1 amide bonds. The van der Waals surface area contributed by atoms with Gasteiger partial charge in [0, 0.05) is 0 Å². The molecule has 0 aliphatic carbocycles. The van der Waals surface area contributed by atoms with Gasteiger partial charge in [-0.25, -0.2) is 13.2 Å². The predicted octanol–water partition coefficient (Wildman–Crippen LogP) is 2.33. The van der Waals surface area contributed by atoms with E-state index in [1.807, 2.05) is 0 Å². The second-order valence-corrected chi connectivity index (χ2v) is 5.02. The minimum absolute atomic E-state index is 0.0532. The third-order valence-corrected chi connectivity index (χ3v) is 3.17. The number of rotatable bonds is 7. The average Bonchev–Trinajstić information content (AvgIpc) is 2.43. The molecule has 1 heterocycles. The fourth-order valence-corrected chi connectivity index (χ4v) is 1.86. The molecular formula is C14H14F5NO3. The largest absolute Gasteiger partial charge is 0.484 e. The lowest BCUT2D eigenvalue weighted by Gasteiger charge is -2.38. The normalized spacial score (nSPS) is 15.7. The zero-order valence-corrected chi connectivity index (χ0v) is 11.9. The van der Waals surface area contributed by atoms with Gasteiger partial charge in [0.05, 0.1) is 13.1 Å². The highest BCUT2D eigenvalue weighted by Crippen LogP contribution is 2.23. The van der Waals surface area contributed by atoms with Crippen LogP contribution in [-0.2, 0) is 9.53 Å². The van der Waals surface area contributed by atoms with E-state index in [-0.39, 0.29) is 18.8 Å². The van der Waals surface area contributed by atoms with E-state index >= 15 is 0 Å². The Morgan fingerprint density at radius 3 is 2.57 bits per heavy atom. The van der Waals surface area contributed by atoms with Crippen LogP contribution in [0, 0.1) is 5.82 Å². The maximum atomic E-state index is 13.4. The van der Waals surface area contributed by atoms with Gasteiger partial charge in [0.1, 0.15) is 19.3 Å². The lowest BCUT2D eigenvalue weighted by molar-refractivity contribution is -0.173. The van der Waals surface area contributed by atoms with Crippen LogP contribution in [0.4, 0.5) is 22.0 Å². The van der Waals surface area contributed by atoms with Crippen LogP contribution < -0.4 is 4.74 Å². The van der Waals surface area contributed by atoms with Gasteiger partial charge in [-0.15, -0.1) is 0 Å². The zero-order valence-electron chi connectivity index (χ0n) is 11.9. The van der Waals surface area contributed by atoms with Gasteiger partial charge in [-0.05, 0) is 12.1 Å². The first-order chi connectivity index (χ1) is 10.8. The molecule has 0 aromatic heterocycles. The van der Waals surface area contributed by atoms with E-state index in [2.05, 4.69) is 4.74 Å². The monoisotopic (exact) mass is 339 g/mol. The summed E-state index contributed by atoms with van der Waals surface area (Å²) in [6, 6.07) is 5.77. The Kier molecular flexibility index (Phi) is 5.40. The van der Waals surface area contributed by atoms with E-state index in [1.165, 1.54) is 23.1 Å². The van der Waals surface area contributed by atoms with Gasteiger partial charge in [-0.3, -0.25) is 4.79 Å². The van der Waals surface area contributed by atoms with Crippen molar-refractivity contribution in [2.24, 2.45) is 0 Å². The Morgan fingerprint density at radius 1 is 1.30 bits per heavy atom. The maximum absolute atomic E-state index is 13.4. The number of hydrogen-bond donors (Lipinski definition) is 0. The van der Waals surface area contributed by atoms with E-state index in [1.54, 1.807) is 6.07 Å². The van der Waals surface area contributed by atoms with Gasteiger partial charge < -0.3 is 14.4 Å². The van der Waals surface area contributed by atoms with Crippen LogP contribution in [-0.4, -0.2) is 55.6 Å². The number of ether oxygens (including phenoxy) is 2. The second kappa shape index (κ2) is 7.12. The van der Waals surface area contributed by atoms with Gasteiger partial charge >= 0.3 is 12.3 Å². The minimum Gasteiger partial charge on any atom is -0.484 e. The lowest BCUT2D eigenvalue weighted by atomic mass is 10.1. The van der Waals surface area contributed by atoms with Crippen LogP contribution in [0.15, 0.2) is 24.3 Å². The molecule has 0 bridgehead atoms. The highest BCUT2D eigenvalue weighted by Gasteiger charge is 2.41. The molecule has 0 saturated carbocycles. The molecule has 23 heavy (non-hydrogen) atoms. The molecule has 9 heteroatoms. The molecule has 0 N–H and O–H groups in total. The molecule has 0 spiro atoms. The third-order valence-electron chi connectivity index (χ3n) is 3.17. The number of carbonyl (C=O) groups excluding carboxylic acids is 1. The fraction of sp³-hybridized carbons (Fsp3) is 0.500. The Morgan fingerprint density at radius 2 is 1.96 bits per heavy atom. The van der Waals surface area contributed by atoms with Crippen LogP contribution in [0.3, 0.4) is 0 Å². The number of amides is 1. The summed E-state index contributed by atoms with van der Waals surface area (Å²) < 4.78 is 71.9. The van der Waals surface area contributed by atoms with E-state index in [0.717, 1.165) is 0 Å². The Labute approximate surface area is 128 Å². The number of carbonyl (C=O) groups is 1. The summed E-state index contributed by atoms with van der Waals surface area (Å²) in [5.41, 5.74) is 0. The van der Waals surface area contributed by atoms with Gasteiger partial charge in [-0.1, -0.05) is 12.1 Å². The highest BCUT2D eigenvalue weighted by molar-refractivity contribution is 5.78. The Bertz CT molecular complexity index is 549. The predicted molar refractivity (Wildman–Crippen MR) is 69.2 cm³/mol. The van der Waals surface area contributed by atoms with Crippen LogP contribution in [0.25, 0.3) is 0 Å². The summed E-state index contributed by atoms with van der Waals surface area (Å²) in [7, 11) is 0. The quantitative estimate of drug-likeness (QED) is 0.716. The van der Waals surface area contributed by atoms with Crippen molar-refractivity contribution in [3.05, 3.63) is 30.1 Å². The van der Waals surface area contributed by atoms with Crippen LogP contribution >= 0.6 is 0 Å². The van der Waals surface area contributed by atoms with Crippen molar-refractivity contribution in [1.82, 2.24) is 4.90 Å². The number of hydrogen-bond acceptors (Lipinski definition) is 3.